The largest absolute Gasteiger partial charge is 0.295 e. The zero-order valence-corrected chi connectivity index (χ0v) is 12.0. The van der Waals surface area contributed by atoms with Gasteiger partial charge in [0, 0.05) is 12.1 Å². The molecule has 102 valence electrons. The maximum absolute atomic E-state index is 9.13. The topological polar surface area (TPSA) is 27.0 Å². The van der Waals surface area contributed by atoms with Gasteiger partial charge in [0.05, 0.1) is 12.5 Å². The van der Waals surface area contributed by atoms with Crippen molar-refractivity contribution in [3.63, 3.8) is 0 Å². The summed E-state index contributed by atoms with van der Waals surface area (Å²) in [4.78, 5) is 2.45. The van der Waals surface area contributed by atoms with E-state index in [9.17, 15) is 0 Å². The Kier molecular flexibility index (Phi) is 4.99. The van der Waals surface area contributed by atoms with Crippen LogP contribution in [0, 0.1) is 17.2 Å². The van der Waals surface area contributed by atoms with Crippen molar-refractivity contribution >= 4 is 0 Å². The number of rotatable bonds is 4. The molecular formula is C17H24N2. The lowest BCUT2D eigenvalue weighted by atomic mass is 9.84. The molecule has 0 N–H and O–H groups in total. The molecule has 19 heavy (non-hydrogen) atoms. The van der Waals surface area contributed by atoms with Gasteiger partial charge in [-0.15, -0.1) is 0 Å². The van der Waals surface area contributed by atoms with Crippen LogP contribution in [0.25, 0.3) is 0 Å². The van der Waals surface area contributed by atoms with Crippen LogP contribution in [0.2, 0.25) is 0 Å². The molecule has 0 spiro atoms. The maximum atomic E-state index is 9.13. The fraction of sp³-hybridized carbons (Fsp3) is 0.588. The van der Waals surface area contributed by atoms with E-state index in [0.717, 1.165) is 5.92 Å². The first-order valence-electron chi connectivity index (χ1n) is 7.38. The molecule has 0 aliphatic heterocycles. The Morgan fingerprint density at radius 2 is 1.95 bits per heavy atom. The van der Waals surface area contributed by atoms with E-state index in [2.05, 4.69) is 49.2 Å². The van der Waals surface area contributed by atoms with Crippen molar-refractivity contribution in [2.75, 3.05) is 7.05 Å². The van der Waals surface area contributed by atoms with E-state index in [4.69, 9.17) is 5.26 Å². The molecule has 0 aromatic heterocycles. The van der Waals surface area contributed by atoms with Crippen LogP contribution in [0.5, 0.6) is 0 Å². The average molecular weight is 256 g/mol. The monoisotopic (exact) mass is 256 g/mol. The zero-order valence-electron chi connectivity index (χ0n) is 12.0. The van der Waals surface area contributed by atoms with Gasteiger partial charge in [0.1, 0.15) is 0 Å². The fourth-order valence-electron chi connectivity index (χ4n) is 3.39. The molecule has 0 heterocycles. The smallest absolute Gasteiger partial charge is 0.0641 e. The second-order valence-corrected chi connectivity index (χ2v) is 5.78. The van der Waals surface area contributed by atoms with Gasteiger partial charge in [0.25, 0.3) is 0 Å². The van der Waals surface area contributed by atoms with Crippen molar-refractivity contribution in [3.05, 3.63) is 35.9 Å². The third-order valence-corrected chi connectivity index (χ3v) is 4.55. The molecule has 2 heteroatoms. The molecule has 2 rings (SSSR count). The summed E-state index contributed by atoms with van der Waals surface area (Å²) in [5.74, 6) is 0.739. The van der Waals surface area contributed by atoms with Crippen molar-refractivity contribution in [1.29, 1.82) is 5.26 Å². The predicted molar refractivity (Wildman–Crippen MR) is 78.6 cm³/mol. The van der Waals surface area contributed by atoms with Gasteiger partial charge in [-0.25, -0.2) is 0 Å². The highest BCUT2D eigenvalue weighted by Gasteiger charge is 2.29. The van der Waals surface area contributed by atoms with Crippen LogP contribution < -0.4 is 0 Å². The normalized spacial score (nSPS) is 24.9. The molecule has 3 atom stereocenters. The van der Waals surface area contributed by atoms with Gasteiger partial charge in [-0.3, -0.25) is 4.90 Å². The Balaban J connectivity index is 2.17. The standard InChI is InChI=1S/C17H24N2/c1-14-8-6-7-11-16(14)19(2)17(12-13-18)15-9-4-3-5-10-15/h3-5,9-10,14,16-17H,6-8,11-12H2,1-2H3. The van der Waals surface area contributed by atoms with Crippen molar-refractivity contribution in [2.45, 2.75) is 51.1 Å². The van der Waals surface area contributed by atoms with Crippen LogP contribution in [0.1, 0.15) is 50.6 Å². The molecule has 1 aromatic carbocycles. The van der Waals surface area contributed by atoms with Crippen LogP contribution in [0.4, 0.5) is 0 Å². The summed E-state index contributed by atoms with van der Waals surface area (Å²) in [6.45, 7) is 2.36. The van der Waals surface area contributed by atoms with E-state index in [1.54, 1.807) is 0 Å². The molecule has 1 aromatic rings. The zero-order chi connectivity index (χ0) is 13.7. The molecule has 1 saturated carbocycles. The van der Waals surface area contributed by atoms with Crippen molar-refractivity contribution in [3.8, 4) is 6.07 Å². The van der Waals surface area contributed by atoms with Crippen molar-refractivity contribution in [2.24, 2.45) is 5.92 Å². The van der Waals surface area contributed by atoms with E-state index in [0.29, 0.717) is 12.5 Å². The van der Waals surface area contributed by atoms with Gasteiger partial charge >= 0.3 is 0 Å². The van der Waals surface area contributed by atoms with Crippen LogP contribution in [-0.2, 0) is 0 Å². The van der Waals surface area contributed by atoms with E-state index in [-0.39, 0.29) is 6.04 Å². The van der Waals surface area contributed by atoms with Crippen molar-refractivity contribution < 1.29 is 0 Å². The molecular weight excluding hydrogens is 232 g/mol. The highest BCUT2D eigenvalue weighted by Crippen LogP contribution is 2.33. The lowest BCUT2D eigenvalue weighted by Crippen LogP contribution is -2.41. The van der Waals surface area contributed by atoms with Crippen LogP contribution in [-0.4, -0.2) is 18.0 Å². The summed E-state index contributed by atoms with van der Waals surface area (Å²) in [5, 5.41) is 9.13. The Hall–Kier alpha value is -1.33. The number of nitrogens with zero attached hydrogens (tertiary/aromatic N) is 2. The third kappa shape index (κ3) is 3.36. The summed E-state index contributed by atoms with van der Waals surface area (Å²) in [7, 11) is 2.20. The minimum absolute atomic E-state index is 0.233. The Bertz CT molecular complexity index is 421. The summed E-state index contributed by atoms with van der Waals surface area (Å²) in [6.07, 6.45) is 5.85. The van der Waals surface area contributed by atoms with Gasteiger partial charge in [0.15, 0.2) is 0 Å². The number of hydrogen-bond donors (Lipinski definition) is 0. The second kappa shape index (κ2) is 6.73. The molecule has 0 radical (unpaired) electrons. The Morgan fingerprint density at radius 3 is 2.58 bits per heavy atom. The van der Waals surface area contributed by atoms with E-state index < -0.39 is 0 Å². The predicted octanol–water partition coefficient (Wildman–Crippen LogP) is 4.15. The van der Waals surface area contributed by atoms with E-state index >= 15 is 0 Å². The molecule has 0 saturated heterocycles. The second-order valence-electron chi connectivity index (χ2n) is 5.78. The van der Waals surface area contributed by atoms with E-state index in [1.165, 1.54) is 31.2 Å². The van der Waals surface area contributed by atoms with Gasteiger partial charge < -0.3 is 0 Å². The first kappa shape index (κ1) is 14.1. The molecule has 1 aliphatic carbocycles. The summed E-state index contributed by atoms with van der Waals surface area (Å²) >= 11 is 0. The first-order valence-corrected chi connectivity index (χ1v) is 7.38. The summed E-state index contributed by atoms with van der Waals surface area (Å²) in [6, 6.07) is 13.7. The molecule has 1 aliphatic rings. The molecule has 1 fully saturated rings. The molecule has 3 unspecified atom stereocenters. The summed E-state index contributed by atoms with van der Waals surface area (Å²) < 4.78 is 0. The number of nitriles is 1. The SMILES string of the molecule is CC1CCCCC1N(C)C(CC#N)c1ccccc1. The quantitative estimate of drug-likeness (QED) is 0.809. The van der Waals surface area contributed by atoms with Gasteiger partial charge in [-0.1, -0.05) is 50.1 Å². The van der Waals surface area contributed by atoms with Gasteiger partial charge in [0.2, 0.25) is 0 Å². The molecule has 2 nitrogen and oxygen atoms in total. The number of benzene rings is 1. The fourth-order valence-corrected chi connectivity index (χ4v) is 3.39. The van der Waals surface area contributed by atoms with Crippen molar-refractivity contribution in [1.82, 2.24) is 4.90 Å². The molecule has 0 bridgehead atoms. The van der Waals surface area contributed by atoms with Gasteiger partial charge in [-0.05, 0) is 31.4 Å². The van der Waals surface area contributed by atoms with Crippen LogP contribution in [0.3, 0.4) is 0 Å². The van der Waals surface area contributed by atoms with E-state index in [1.807, 2.05) is 6.07 Å². The first-order chi connectivity index (χ1) is 9.24. The Morgan fingerprint density at radius 1 is 1.26 bits per heavy atom. The van der Waals surface area contributed by atoms with Crippen LogP contribution in [0.15, 0.2) is 30.3 Å². The minimum atomic E-state index is 0.233. The highest BCUT2D eigenvalue weighted by molar-refractivity contribution is 5.20. The number of hydrogen-bond acceptors (Lipinski definition) is 2. The third-order valence-electron chi connectivity index (χ3n) is 4.55. The molecule has 0 amide bonds. The lowest BCUT2D eigenvalue weighted by molar-refractivity contribution is 0.0976. The minimum Gasteiger partial charge on any atom is -0.295 e. The van der Waals surface area contributed by atoms with Crippen LogP contribution >= 0.6 is 0 Å². The highest BCUT2D eigenvalue weighted by atomic mass is 15.2. The van der Waals surface area contributed by atoms with Gasteiger partial charge in [-0.2, -0.15) is 5.26 Å². The lowest BCUT2D eigenvalue weighted by Gasteiger charge is -2.40. The average Bonchev–Trinajstić information content (AvgIpc) is 2.45. The maximum Gasteiger partial charge on any atom is 0.0641 e. The summed E-state index contributed by atoms with van der Waals surface area (Å²) in [5.41, 5.74) is 1.27. The Labute approximate surface area is 117 Å².